The summed E-state index contributed by atoms with van der Waals surface area (Å²) in [6.07, 6.45) is 5.26. The molecule has 6 nitrogen and oxygen atoms in total. The second-order valence-corrected chi connectivity index (χ2v) is 4.20. The molecule has 0 fully saturated rings. The minimum absolute atomic E-state index is 0.456. The molecule has 2 rings (SSSR count). The van der Waals surface area contributed by atoms with E-state index in [4.69, 9.17) is 20.0 Å². The van der Waals surface area contributed by atoms with E-state index in [9.17, 15) is 0 Å². The molecule has 6 heteroatoms. The van der Waals surface area contributed by atoms with Gasteiger partial charge in [-0.05, 0) is 30.7 Å². The highest BCUT2D eigenvalue weighted by Crippen LogP contribution is 2.36. The first-order chi connectivity index (χ1) is 10.2. The van der Waals surface area contributed by atoms with Crippen LogP contribution < -0.4 is 9.47 Å². The molecular weight excluding hydrogens is 268 g/mol. The van der Waals surface area contributed by atoms with E-state index in [0.717, 1.165) is 5.57 Å². The van der Waals surface area contributed by atoms with Crippen LogP contribution in [0.15, 0.2) is 33.8 Å². The van der Waals surface area contributed by atoms with Crippen molar-refractivity contribution in [2.45, 2.75) is 6.92 Å². The lowest BCUT2D eigenvalue weighted by Crippen LogP contribution is -2.19. The lowest BCUT2D eigenvalue weighted by Gasteiger charge is -2.22. The normalized spacial score (nSPS) is 16.7. The van der Waals surface area contributed by atoms with Crippen molar-refractivity contribution in [1.82, 2.24) is 0 Å². The van der Waals surface area contributed by atoms with Gasteiger partial charge in [0.1, 0.15) is 11.5 Å². The van der Waals surface area contributed by atoms with Crippen molar-refractivity contribution in [3.05, 3.63) is 34.9 Å². The SMILES string of the molecule is COc1ccc(OC)c2c1C(=NC#N)C=C(C)C2=NC#N. The minimum atomic E-state index is 0.456. The third-order valence-electron chi connectivity index (χ3n) is 3.12. The maximum Gasteiger partial charge on any atom is 0.206 e. The molecule has 0 aliphatic heterocycles. The molecule has 1 aliphatic carbocycles. The largest absolute Gasteiger partial charge is 0.496 e. The third-order valence-corrected chi connectivity index (χ3v) is 3.12. The predicted octanol–water partition coefficient (Wildman–Crippen LogP) is 2.20. The van der Waals surface area contributed by atoms with Gasteiger partial charge in [0.15, 0.2) is 0 Å². The highest BCUT2D eigenvalue weighted by atomic mass is 16.5. The summed E-state index contributed by atoms with van der Waals surface area (Å²) in [5.41, 5.74) is 2.87. The standard InChI is InChI=1S/C15H12N4O2/c1-9-6-10(18-7-16)13-11(20-2)4-5-12(21-3)14(13)15(9)19-8-17/h4-6H,1-3H3. The van der Waals surface area contributed by atoms with E-state index in [2.05, 4.69) is 9.98 Å². The number of allylic oxidation sites excluding steroid dienone is 2. The van der Waals surface area contributed by atoms with Gasteiger partial charge >= 0.3 is 0 Å². The van der Waals surface area contributed by atoms with Crippen LogP contribution >= 0.6 is 0 Å². The molecule has 1 aliphatic rings. The van der Waals surface area contributed by atoms with Gasteiger partial charge in [-0.15, -0.1) is 0 Å². The van der Waals surface area contributed by atoms with E-state index in [1.165, 1.54) is 14.2 Å². The van der Waals surface area contributed by atoms with E-state index < -0.39 is 0 Å². The maximum atomic E-state index is 8.90. The van der Waals surface area contributed by atoms with Crippen molar-refractivity contribution in [3.8, 4) is 23.9 Å². The van der Waals surface area contributed by atoms with Gasteiger partial charge in [-0.25, -0.2) is 0 Å². The Balaban J connectivity index is 2.92. The first kappa shape index (κ1) is 14.3. The van der Waals surface area contributed by atoms with Crippen molar-refractivity contribution in [2.75, 3.05) is 14.2 Å². The topological polar surface area (TPSA) is 90.8 Å². The van der Waals surface area contributed by atoms with Crippen LogP contribution in [0, 0.1) is 22.9 Å². The van der Waals surface area contributed by atoms with Crippen molar-refractivity contribution in [2.24, 2.45) is 9.98 Å². The Morgan fingerprint density at radius 3 is 2.05 bits per heavy atom. The van der Waals surface area contributed by atoms with Crippen LogP contribution in [0.25, 0.3) is 0 Å². The maximum absolute atomic E-state index is 8.90. The molecular formula is C15H12N4O2. The molecule has 0 radical (unpaired) electrons. The fourth-order valence-electron chi connectivity index (χ4n) is 2.27. The minimum Gasteiger partial charge on any atom is -0.496 e. The van der Waals surface area contributed by atoms with Crippen LogP contribution in [0.3, 0.4) is 0 Å². The highest BCUT2D eigenvalue weighted by molar-refractivity contribution is 6.30. The first-order valence-electron chi connectivity index (χ1n) is 6.05. The molecule has 0 N–H and O–H groups in total. The van der Waals surface area contributed by atoms with Crippen molar-refractivity contribution < 1.29 is 9.47 Å². The summed E-state index contributed by atoms with van der Waals surface area (Å²) < 4.78 is 10.7. The van der Waals surface area contributed by atoms with Gasteiger partial charge in [-0.1, -0.05) is 0 Å². The van der Waals surface area contributed by atoms with Crippen LogP contribution in [0.4, 0.5) is 0 Å². The number of methoxy groups -OCH3 is 2. The number of aliphatic imine (C=N–C) groups is 2. The number of ether oxygens (including phenoxy) is 2. The number of nitrogens with zero attached hydrogens (tertiary/aromatic N) is 4. The summed E-state index contributed by atoms with van der Waals surface area (Å²) in [6.45, 7) is 1.80. The number of hydrogen-bond acceptors (Lipinski definition) is 6. The van der Waals surface area contributed by atoms with Gasteiger partial charge in [0.05, 0.1) is 36.8 Å². The summed E-state index contributed by atoms with van der Waals surface area (Å²) in [5, 5.41) is 17.8. The molecule has 0 atom stereocenters. The number of benzene rings is 1. The Morgan fingerprint density at radius 2 is 1.52 bits per heavy atom. The monoisotopic (exact) mass is 280 g/mol. The molecule has 0 heterocycles. The Morgan fingerprint density at radius 1 is 0.952 bits per heavy atom. The number of nitriles is 2. The Bertz CT molecular complexity index is 761. The lowest BCUT2D eigenvalue weighted by atomic mass is 9.87. The van der Waals surface area contributed by atoms with E-state index >= 15 is 0 Å². The summed E-state index contributed by atoms with van der Waals surface area (Å²) in [5.74, 6) is 1.08. The van der Waals surface area contributed by atoms with Crippen molar-refractivity contribution in [1.29, 1.82) is 10.5 Å². The number of hydrogen-bond donors (Lipinski definition) is 0. The van der Waals surface area contributed by atoms with Gasteiger partial charge in [0, 0.05) is 0 Å². The van der Waals surface area contributed by atoms with E-state index in [-0.39, 0.29) is 0 Å². The molecule has 21 heavy (non-hydrogen) atoms. The fraction of sp³-hybridized carbons (Fsp3) is 0.200. The molecule has 0 saturated carbocycles. The van der Waals surface area contributed by atoms with E-state index in [1.54, 1.807) is 37.5 Å². The summed E-state index contributed by atoms with van der Waals surface area (Å²) in [7, 11) is 3.05. The van der Waals surface area contributed by atoms with Crippen LogP contribution in [-0.4, -0.2) is 25.6 Å². The Labute approximate surface area is 122 Å². The van der Waals surface area contributed by atoms with E-state index in [0.29, 0.717) is 34.0 Å². The van der Waals surface area contributed by atoms with Gasteiger partial charge in [-0.3, -0.25) is 0 Å². The molecule has 0 spiro atoms. The Hall–Kier alpha value is -3.12. The second kappa shape index (κ2) is 5.89. The summed E-state index contributed by atoms with van der Waals surface area (Å²) in [4.78, 5) is 7.69. The Kier molecular flexibility index (Phi) is 4.01. The van der Waals surface area contributed by atoms with Crippen LogP contribution in [-0.2, 0) is 0 Å². The second-order valence-electron chi connectivity index (χ2n) is 4.20. The molecule has 1 aromatic carbocycles. The molecule has 0 bridgehead atoms. The highest BCUT2D eigenvalue weighted by Gasteiger charge is 2.27. The average molecular weight is 280 g/mol. The predicted molar refractivity (Wildman–Crippen MR) is 77.6 cm³/mol. The fourth-order valence-corrected chi connectivity index (χ4v) is 2.27. The molecule has 0 aromatic heterocycles. The van der Waals surface area contributed by atoms with Gasteiger partial charge in [-0.2, -0.15) is 20.5 Å². The van der Waals surface area contributed by atoms with Gasteiger partial charge < -0.3 is 9.47 Å². The average Bonchev–Trinajstić information content (AvgIpc) is 2.50. The number of rotatable bonds is 2. The van der Waals surface area contributed by atoms with Gasteiger partial charge in [0.25, 0.3) is 0 Å². The zero-order valence-electron chi connectivity index (χ0n) is 11.8. The lowest BCUT2D eigenvalue weighted by molar-refractivity contribution is 0.401. The van der Waals surface area contributed by atoms with Gasteiger partial charge in [0.2, 0.25) is 12.4 Å². The zero-order valence-corrected chi connectivity index (χ0v) is 11.8. The quantitative estimate of drug-likeness (QED) is 0.776. The summed E-state index contributed by atoms with van der Waals surface area (Å²) in [6, 6.07) is 3.45. The zero-order chi connectivity index (χ0) is 15.4. The molecule has 1 aromatic rings. The summed E-state index contributed by atoms with van der Waals surface area (Å²) >= 11 is 0. The molecule has 104 valence electrons. The first-order valence-corrected chi connectivity index (χ1v) is 6.05. The van der Waals surface area contributed by atoms with Crippen molar-refractivity contribution in [3.63, 3.8) is 0 Å². The molecule has 0 amide bonds. The van der Waals surface area contributed by atoms with Crippen molar-refractivity contribution >= 4 is 11.4 Å². The third kappa shape index (κ3) is 2.35. The van der Waals surface area contributed by atoms with Crippen LogP contribution in [0.1, 0.15) is 18.1 Å². The smallest absolute Gasteiger partial charge is 0.206 e. The number of fused-ring (bicyclic) bond motifs is 1. The molecule has 0 saturated heterocycles. The molecule has 0 unspecified atom stereocenters. The van der Waals surface area contributed by atoms with E-state index in [1.807, 2.05) is 0 Å². The van der Waals surface area contributed by atoms with Crippen LogP contribution in [0.5, 0.6) is 11.5 Å². The van der Waals surface area contributed by atoms with Crippen LogP contribution in [0.2, 0.25) is 0 Å².